The van der Waals surface area contributed by atoms with Crippen LogP contribution in [0.4, 0.5) is 8.78 Å². The monoisotopic (exact) mass is 206 g/mol. The maximum atomic E-state index is 12.0. The third kappa shape index (κ3) is 1.69. The molecule has 0 aliphatic rings. The van der Waals surface area contributed by atoms with E-state index in [-0.39, 0.29) is 0 Å². The zero-order valence-corrected chi connectivity index (χ0v) is 6.85. The molecular formula is C8H8F2O4. The van der Waals surface area contributed by atoms with Gasteiger partial charge in [-0.15, -0.1) is 0 Å². The van der Waals surface area contributed by atoms with E-state index in [2.05, 4.69) is 0 Å². The highest BCUT2D eigenvalue weighted by Gasteiger charge is 2.24. The van der Waals surface area contributed by atoms with Crippen molar-refractivity contribution in [3.05, 3.63) is 17.7 Å². The van der Waals surface area contributed by atoms with Gasteiger partial charge in [0.1, 0.15) is 6.10 Å². The average molecular weight is 206 g/mol. The fraction of sp³-hybridized carbons (Fsp3) is 0.250. The molecule has 78 valence electrons. The number of aliphatic hydroxyl groups is 1. The molecule has 14 heavy (non-hydrogen) atoms. The zero-order valence-electron chi connectivity index (χ0n) is 6.85. The molecule has 0 aromatic heterocycles. The van der Waals surface area contributed by atoms with Gasteiger partial charge in [0, 0.05) is 5.56 Å². The van der Waals surface area contributed by atoms with Crippen molar-refractivity contribution in [3.8, 4) is 17.2 Å². The molecule has 0 heterocycles. The fourth-order valence-electron chi connectivity index (χ4n) is 0.959. The van der Waals surface area contributed by atoms with Gasteiger partial charge in [-0.1, -0.05) is 0 Å². The van der Waals surface area contributed by atoms with E-state index in [1.54, 1.807) is 0 Å². The maximum absolute atomic E-state index is 12.0. The topological polar surface area (TPSA) is 80.9 Å². The molecule has 4 N–H and O–H groups in total. The van der Waals surface area contributed by atoms with E-state index in [1.165, 1.54) is 0 Å². The fourth-order valence-corrected chi connectivity index (χ4v) is 0.959. The quantitative estimate of drug-likeness (QED) is 0.546. The number of rotatable bonds is 2. The molecule has 6 heteroatoms. The molecule has 1 atom stereocenters. The Morgan fingerprint density at radius 2 is 1.57 bits per heavy atom. The van der Waals surface area contributed by atoms with Gasteiger partial charge in [-0.25, -0.2) is 8.78 Å². The van der Waals surface area contributed by atoms with Crippen LogP contribution in [0.5, 0.6) is 17.2 Å². The van der Waals surface area contributed by atoms with Crippen LogP contribution in [-0.2, 0) is 0 Å². The lowest BCUT2D eigenvalue weighted by Crippen LogP contribution is -2.08. The molecule has 0 fully saturated rings. The standard InChI is InChI=1S/C8H8F2O4/c9-8(10)6(13)3-1-2-4(11)7(14)5(3)12/h1-2,6,8,11-14H. The second-order valence-corrected chi connectivity index (χ2v) is 2.65. The number of hydrogen-bond acceptors (Lipinski definition) is 4. The van der Waals surface area contributed by atoms with Gasteiger partial charge in [-0.05, 0) is 12.1 Å². The number of hydrogen-bond donors (Lipinski definition) is 4. The summed E-state index contributed by atoms with van der Waals surface area (Å²) in [5.41, 5.74) is -0.532. The number of aliphatic hydroxyl groups excluding tert-OH is 1. The normalized spacial score (nSPS) is 13.1. The van der Waals surface area contributed by atoms with Gasteiger partial charge < -0.3 is 20.4 Å². The molecule has 0 saturated heterocycles. The van der Waals surface area contributed by atoms with Crippen LogP contribution in [-0.4, -0.2) is 26.9 Å². The number of phenolic OH excluding ortho intramolecular Hbond substituents is 3. The van der Waals surface area contributed by atoms with Gasteiger partial charge in [0.2, 0.25) is 5.75 Å². The van der Waals surface area contributed by atoms with Crippen molar-refractivity contribution in [2.24, 2.45) is 0 Å². The number of halogens is 2. The Labute approximate surface area is 77.7 Å². The highest BCUT2D eigenvalue weighted by Crippen LogP contribution is 2.40. The van der Waals surface area contributed by atoms with Gasteiger partial charge in [0.25, 0.3) is 6.43 Å². The lowest BCUT2D eigenvalue weighted by atomic mass is 10.1. The Balaban J connectivity index is 3.17. The van der Waals surface area contributed by atoms with Crippen LogP contribution in [0.15, 0.2) is 12.1 Å². The third-order valence-corrected chi connectivity index (χ3v) is 1.72. The summed E-state index contributed by atoms with van der Waals surface area (Å²) in [6.45, 7) is 0. The second kappa shape index (κ2) is 3.67. The first-order valence-electron chi connectivity index (χ1n) is 3.65. The SMILES string of the molecule is Oc1ccc(C(O)C(F)F)c(O)c1O. The van der Waals surface area contributed by atoms with E-state index in [0.29, 0.717) is 0 Å². The summed E-state index contributed by atoms with van der Waals surface area (Å²) < 4.78 is 24.0. The highest BCUT2D eigenvalue weighted by atomic mass is 19.3. The molecule has 0 aliphatic carbocycles. The Bertz CT molecular complexity index is 340. The summed E-state index contributed by atoms with van der Waals surface area (Å²) in [5, 5.41) is 35.8. The predicted octanol–water partition coefficient (Wildman–Crippen LogP) is 1.10. The molecule has 0 aliphatic heterocycles. The molecule has 0 radical (unpaired) electrons. The minimum atomic E-state index is -3.08. The van der Waals surface area contributed by atoms with Gasteiger partial charge >= 0.3 is 0 Å². The number of aromatic hydroxyl groups is 3. The van der Waals surface area contributed by atoms with E-state index in [9.17, 15) is 8.78 Å². The molecule has 0 bridgehead atoms. The molecule has 0 saturated carbocycles. The van der Waals surface area contributed by atoms with Crippen LogP contribution in [0.2, 0.25) is 0 Å². The Morgan fingerprint density at radius 1 is 1.00 bits per heavy atom. The van der Waals surface area contributed by atoms with E-state index < -0.39 is 35.3 Å². The number of alkyl halides is 2. The smallest absolute Gasteiger partial charge is 0.268 e. The van der Waals surface area contributed by atoms with Crippen molar-refractivity contribution in [3.63, 3.8) is 0 Å². The average Bonchev–Trinajstić information content (AvgIpc) is 2.13. The van der Waals surface area contributed by atoms with Crippen LogP contribution in [0.1, 0.15) is 11.7 Å². The van der Waals surface area contributed by atoms with E-state index in [4.69, 9.17) is 20.4 Å². The first-order valence-corrected chi connectivity index (χ1v) is 3.65. The lowest BCUT2D eigenvalue weighted by Gasteiger charge is -2.12. The van der Waals surface area contributed by atoms with Gasteiger partial charge in [0.05, 0.1) is 0 Å². The maximum Gasteiger partial charge on any atom is 0.268 e. The molecule has 1 aromatic rings. The molecule has 0 amide bonds. The van der Waals surface area contributed by atoms with E-state index in [0.717, 1.165) is 12.1 Å². The van der Waals surface area contributed by atoms with Gasteiger partial charge in [-0.2, -0.15) is 0 Å². The summed E-state index contributed by atoms with van der Waals surface area (Å²) >= 11 is 0. The zero-order chi connectivity index (χ0) is 10.9. The van der Waals surface area contributed by atoms with Crippen molar-refractivity contribution in [1.29, 1.82) is 0 Å². The Morgan fingerprint density at radius 3 is 2.07 bits per heavy atom. The van der Waals surface area contributed by atoms with Crippen LogP contribution in [0, 0.1) is 0 Å². The van der Waals surface area contributed by atoms with Crippen molar-refractivity contribution in [2.75, 3.05) is 0 Å². The van der Waals surface area contributed by atoms with Gasteiger partial charge in [0.15, 0.2) is 11.5 Å². The van der Waals surface area contributed by atoms with Crippen LogP contribution in [0.25, 0.3) is 0 Å². The van der Waals surface area contributed by atoms with Crippen molar-refractivity contribution in [2.45, 2.75) is 12.5 Å². The molecule has 1 unspecified atom stereocenters. The van der Waals surface area contributed by atoms with E-state index >= 15 is 0 Å². The Kier molecular flexibility index (Phi) is 2.76. The summed E-state index contributed by atoms with van der Waals surface area (Å²) in [7, 11) is 0. The van der Waals surface area contributed by atoms with Gasteiger partial charge in [-0.3, -0.25) is 0 Å². The Hall–Kier alpha value is -1.56. The minimum absolute atomic E-state index is 0.532. The van der Waals surface area contributed by atoms with Crippen molar-refractivity contribution in [1.82, 2.24) is 0 Å². The number of phenols is 3. The van der Waals surface area contributed by atoms with Crippen LogP contribution >= 0.6 is 0 Å². The summed E-state index contributed by atoms with van der Waals surface area (Å²) in [6.07, 6.45) is -5.27. The summed E-state index contributed by atoms with van der Waals surface area (Å²) in [4.78, 5) is 0. The third-order valence-electron chi connectivity index (χ3n) is 1.72. The molecule has 0 spiro atoms. The van der Waals surface area contributed by atoms with Crippen LogP contribution in [0.3, 0.4) is 0 Å². The molecule has 1 aromatic carbocycles. The molecule has 1 rings (SSSR count). The van der Waals surface area contributed by atoms with Crippen LogP contribution < -0.4 is 0 Å². The number of benzene rings is 1. The van der Waals surface area contributed by atoms with Crippen molar-refractivity contribution >= 4 is 0 Å². The lowest BCUT2D eigenvalue weighted by molar-refractivity contribution is -0.00716. The first kappa shape index (κ1) is 10.5. The highest BCUT2D eigenvalue weighted by molar-refractivity contribution is 5.53. The summed E-state index contributed by atoms with van der Waals surface area (Å²) in [6, 6.07) is 1.80. The predicted molar refractivity (Wildman–Crippen MR) is 42.4 cm³/mol. The second-order valence-electron chi connectivity index (χ2n) is 2.65. The first-order chi connectivity index (χ1) is 6.45. The largest absolute Gasteiger partial charge is 0.504 e. The van der Waals surface area contributed by atoms with Crippen molar-refractivity contribution < 1.29 is 29.2 Å². The van der Waals surface area contributed by atoms with E-state index in [1.807, 2.05) is 0 Å². The molecule has 4 nitrogen and oxygen atoms in total. The minimum Gasteiger partial charge on any atom is -0.504 e. The summed E-state index contributed by atoms with van der Waals surface area (Å²) in [5.74, 6) is -2.52. The molecular weight excluding hydrogens is 198 g/mol.